The smallest absolute Gasteiger partial charge is 0.339 e. The third-order valence-electron chi connectivity index (χ3n) is 1.63. The number of nitrogens with two attached hydrogens (primary N) is 1. The summed E-state index contributed by atoms with van der Waals surface area (Å²) in [5, 5.41) is 8.60. The molecule has 4 nitrogen and oxygen atoms in total. The first-order valence-corrected chi connectivity index (χ1v) is 3.67. The molecule has 2 N–H and O–H groups in total. The average Bonchev–Trinajstić information content (AvgIpc) is 2.15. The van der Waals surface area contributed by atoms with Gasteiger partial charge in [-0.2, -0.15) is 5.26 Å². The molecule has 0 unspecified atom stereocenters. The molecule has 0 heterocycles. The third kappa shape index (κ3) is 1.64. The number of esters is 1. The second kappa shape index (κ2) is 3.75. The molecule has 0 aliphatic rings. The number of hydrogen-bond acceptors (Lipinski definition) is 4. The van der Waals surface area contributed by atoms with Crippen LogP contribution >= 0.6 is 0 Å². The summed E-state index contributed by atoms with van der Waals surface area (Å²) in [5.74, 6) is -1.61. The third-order valence-corrected chi connectivity index (χ3v) is 1.63. The molecule has 1 aromatic carbocycles. The first-order valence-electron chi connectivity index (χ1n) is 3.67. The van der Waals surface area contributed by atoms with Crippen molar-refractivity contribution in [2.24, 2.45) is 0 Å². The maximum absolute atomic E-state index is 13.1. The van der Waals surface area contributed by atoms with E-state index in [9.17, 15) is 9.18 Å². The fourth-order valence-electron chi connectivity index (χ4n) is 1.01. The van der Waals surface area contributed by atoms with Gasteiger partial charge in [-0.3, -0.25) is 0 Å². The molecule has 1 rings (SSSR count). The highest BCUT2D eigenvalue weighted by molar-refractivity contribution is 5.93. The summed E-state index contributed by atoms with van der Waals surface area (Å²) in [6, 6.07) is 3.75. The summed E-state index contributed by atoms with van der Waals surface area (Å²) in [5.41, 5.74) is 4.87. The van der Waals surface area contributed by atoms with Crippen LogP contribution in [0.3, 0.4) is 0 Å². The molecule has 0 saturated heterocycles. The monoisotopic (exact) mass is 194 g/mol. The van der Waals surface area contributed by atoms with E-state index in [4.69, 9.17) is 11.0 Å². The molecule has 0 spiro atoms. The molecule has 0 aromatic heterocycles. The van der Waals surface area contributed by atoms with E-state index in [-0.39, 0.29) is 16.8 Å². The average molecular weight is 194 g/mol. The molecule has 0 radical (unpaired) electrons. The zero-order chi connectivity index (χ0) is 10.7. The van der Waals surface area contributed by atoms with E-state index in [1.165, 1.54) is 6.07 Å². The van der Waals surface area contributed by atoms with Gasteiger partial charge in [0.05, 0.1) is 12.7 Å². The number of halogens is 1. The van der Waals surface area contributed by atoms with Crippen molar-refractivity contribution in [1.29, 1.82) is 5.26 Å². The summed E-state index contributed by atoms with van der Waals surface area (Å²) in [4.78, 5) is 11.1. The van der Waals surface area contributed by atoms with Crippen molar-refractivity contribution >= 4 is 11.7 Å². The topological polar surface area (TPSA) is 76.1 Å². The summed E-state index contributed by atoms with van der Waals surface area (Å²) in [6.45, 7) is 0. The highest BCUT2D eigenvalue weighted by Gasteiger charge is 2.16. The fourth-order valence-corrected chi connectivity index (χ4v) is 1.01. The quantitative estimate of drug-likeness (QED) is 0.535. The Kier molecular flexibility index (Phi) is 2.67. The second-order valence-corrected chi connectivity index (χ2v) is 2.53. The standard InChI is InChI=1S/C9H7FN2O2/c1-14-9(13)6-2-5(12)3-8(10)7(6)4-11/h2-3H,12H2,1H3. The summed E-state index contributed by atoms with van der Waals surface area (Å²) < 4.78 is 17.5. The Bertz CT molecular complexity index is 424. The van der Waals surface area contributed by atoms with E-state index in [1.807, 2.05) is 0 Å². The molecule has 0 fully saturated rings. The lowest BCUT2D eigenvalue weighted by Crippen LogP contribution is -2.07. The Morgan fingerprint density at radius 2 is 2.29 bits per heavy atom. The van der Waals surface area contributed by atoms with Crippen LogP contribution in [-0.4, -0.2) is 13.1 Å². The number of nitriles is 1. The van der Waals surface area contributed by atoms with Crippen molar-refractivity contribution in [1.82, 2.24) is 0 Å². The Morgan fingerprint density at radius 1 is 1.64 bits per heavy atom. The molecule has 0 bridgehead atoms. The van der Waals surface area contributed by atoms with Gasteiger partial charge < -0.3 is 10.5 Å². The van der Waals surface area contributed by atoms with Gasteiger partial charge in [0.15, 0.2) is 0 Å². The SMILES string of the molecule is COC(=O)c1cc(N)cc(F)c1C#N. The number of rotatable bonds is 1. The van der Waals surface area contributed by atoms with Crippen LogP contribution < -0.4 is 5.73 Å². The molecule has 5 heteroatoms. The van der Waals surface area contributed by atoms with Gasteiger partial charge in [0.25, 0.3) is 0 Å². The second-order valence-electron chi connectivity index (χ2n) is 2.53. The van der Waals surface area contributed by atoms with Crippen molar-refractivity contribution in [3.63, 3.8) is 0 Å². The van der Waals surface area contributed by atoms with Crippen molar-refractivity contribution < 1.29 is 13.9 Å². The number of methoxy groups -OCH3 is 1. The number of benzene rings is 1. The molecule has 0 saturated carbocycles. The number of nitrogen functional groups attached to an aromatic ring is 1. The number of nitrogens with zero attached hydrogens (tertiary/aromatic N) is 1. The molecule has 0 aliphatic heterocycles. The summed E-state index contributed by atoms with van der Waals surface area (Å²) in [7, 11) is 1.14. The summed E-state index contributed by atoms with van der Waals surface area (Å²) in [6.07, 6.45) is 0. The van der Waals surface area contributed by atoms with Crippen LogP contribution in [0, 0.1) is 17.1 Å². The fraction of sp³-hybridized carbons (Fsp3) is 0.111. The van der Waals surface area contributed by atoms with Crippen LogP contribution in [0.2, 0.25) is 0 Å². The predicted octanol–water partition coefficient (Wildman–Crippen LogP) is 1.07. The number of carbonyl (C=O) groups excluding carboxylic acids is 1. The Labute approximate surface area is 79.7 Å². The van der Waals surface area contributed by atoms with Crippen molar-refractivity contribution in [2.45, 2.75) is 0 Å². The molecule has 14 heavy (non-hydrogen) atoms. The zero-order valence-electron chi connectivity index (χ0n) is 7.37. The molecular weight excluding hydrogens is 187 g/mol. The molecule has 0 atom stereocenters. The van der Waals surface area contributed by atoms with Gasteiger partial charge >= 0.3 is 5.97 Å². The molecule has 0 aliphatic carbocycles. The highest BCUT2D eigenvalue weighted by Crippen LogP contribution is 2.17. The van der Waals surface area contributed by atoms with E-state index in [1.54, 1.807) is 6.07 Å². The highest BCUT2D eigenvalue weighted by atomic mass is 19.1. The molecule has 72 valence electrons. The minimum atomic E-state index is -0.826. The van der Waals surface area contributed by atoms with Gasteiger partial charge in [-0.15, -0.1) is 0 Å². The number of ether oxygens (including phenoxy) is 1. The van der Waals surface area contributed by atoms with Crippen LogP contribution in [0.25, 0.3) is 0 Å². The zero-order valence-corrected chi connectivity index (χ0v) is 7.37. The van der Waals surface area contributed by atoms with Gasteiger partial charge in [-0.1, -0.05) is 0 Å². The molecule has 1 aromatic rings. The van der Waals surface area contributed by atoms with Crippen LogP contribution in [0.5, 0.6) is 0 Å². The normalized spacial score (nSPS) is 9.21. The van der Waals surface area contributed by atoms with Crippen LogP contribution in [0.1, 0.15) is 15.9 Å². The minimum absolute atomic E-state index is 0.0712. The molecule has 0 amide bonds. The van der Waals surface area contributed by atoms with Gasteiger partial charge in [-0.25, -0.2) is 9.18 Å². The Balaban J connectivity index is 3.41. The van der Waals surface area contributed by atoms with E-state index < -0.39 is 11.8 Å². The van der Waals surface area contributed by atoms with Crippen LogP contribution in [-0.2, 0) is 4.74 Å². The van der Waals surface area contributed by atoms with Gasteiger partial charge in [0.2, 0.25) is 0 Å². The predicted molar refractivity (Wildman–Crippen MR) is 46.9 cm³/mol. The van der Waals surface area contributed by atoms with E-state index in [0.29, 0.717) is 0 Å². The van der Waals surface area contributed by atoms with Gasteiger partial charge in [0.1, 0.15) is 17.4 Å². The van der Waals surface area contributed by atoms with Crippen LogP contribution in [0.4, 0.5) is 10.1 Å². The largest absolute Gasteiger partial charge is 0.465 e. The number of anilines is 1. The first kappa shape index (κ1) is 9.99. The Hall–Kier alpha value is -2.09. The first-order chi connectivity index (χ1) is 6.60. The van der Waals surface area contributed by atoms with E-state index in [0.717, 1.165) is 13.2 Å². The van der Waals surface area contributed by atoms with Crippen molar-refractivity contribution in [3.8, 4) is 6.07 Å². The summed E-state index contributed by atoms with van der Waals surface area (Å²) >= 11 is 0. The maximum Gasteiger partial charge on any atom is 0.339 e. The van der Waals surface area contributed by atoms with E-state index in [2.05, 4.69) is 4.74 Å². The lowest BCUT2D eigenvalue weighted by atomic mass is 10.1. The van der Waals surface area contributed by atoms with Crippen LogP contribution in [0.15, 0.2) is 12.1 Å². The van der Waals surface area contributed by atoms with Crippen molar-refractivity contribution in [3.05, 3.63) is 29.1 Å². The minimum Gasteiger partial charge on any atom is -0.465 e. The number of hydrogen-bond donors (Lipinski definition) is 1. The van der Waals surface area contributed by atoms with Gasteiger partial charge in [0, 0.05) is 5.69 Å². The van der Waals surface area contributed by atoms with Gasteiger partial charge in [-0.05, 0) is 12.1 Å². The maximum atomic E-state index is 13.1. The lowest BCUT2D eigenvalue weighted by Gasteiger charge is -2.03. The lowest BCUT2D eigenvalue weighted by molar-refractivity contribution is 0.0600. The Morgan fingerprint density at radius 3 is 2.79 bits per heavy atom. The van der Waals surface area contributed by atoms with E-state index >= 15 is 0 Å². The number of carbonyl (C=O) groups is 1. The molecular formula is C9H7FN2O2. The van der Waals surface area contributed by atoms with Crippen molar-refractivity contribution in [2.75, 3.05) is 12.8 Å².